The SMILES string of the molecule is COc1ccc(C2(C(=O)N3CCCN(C(=O)c4ccccc4OC)CC3)CCCCC2)cc1. The molecule has 2 aromatic rings. The third-order valence-electron chi connectivity index (χ3n) is 7.17. The van der Waals surface area contributed by atoms with Gasteiger partial charge in [0.25, 0.3) is 5.91 Å². The lowest BCUT2D eigenvalue weighted by Gasteiger charge is -2.40. The Morgan fingerprint density at radius 3 is 2.12 bits per heavy atom. The summed E-state index contributed by atoms with van der Waals surface area (Å²) in [6.45, 7) is 2.39. The predicted molar refractivity (Wildman–Crippen MR) is 128 cm³/mol. The molecule has 6 nitrogen and oxygen atoms in total. The number of benzene rings is 2. The Labute approximate surface area is 196 Å². The van der Waals surface area contributed by atoms with E-state index in [-0.39, 0.29) is 11.8 Å². The largest absolute Gasteiger partial charge is 0.497 e. The zero-order valence-electron chi connectivity index (χ0n) is 19.7. The van der Waals surface area contributed by atoms with E-state index in [0.717, 1.165) is 43.4 Å². The fraction of sp³-hybridized carbons (Fsp3) is 0.481. The summed E-state index contributed by atoms with van der Waals surface area (Å²) < 4.78 is 10.7. The number of carbonyl (C=O) groups is 2. The van der Waals surface area contributed by atoms with Crippen LogP contribution < -0.4 is 9.47 Å². The van der Waals surface area contributed by atoms with Crippen LogP contribution in [-0.2, 0) is 10.2 Å². The monoisotopic (exact) mass is 450 g/mol. The van der Waals surface area contributed by atoms with Crippen molar-refractivity contribution in [2.45, 2.75) is 43.9 Å². The minimum absolute atomic E-state index is 0.0377. The molecule has 0 atom stereocenters. The molecular weight excluding hydrogens is 416 g/mol. The van der Waals surface area contributed by atoms with Crippen LogP contribution in [0.1, 0.15) is 54.4 Å². The average Bonchev–Trinajstić information content (AvgIpc) is 3.14. The number of nitrogens with zero attached hydrogens (tertiary/aromatic N) is 2. The highest BCUT2D eigenvalue weighted by molar-refractivity contribution is 5.97. The summed E-state index contributed by atoms with van der Waals surface area (Å²) in [5.74, 6) is 1.56. The summed E-state index contributed by atoms with van der Waals surface area (Å²) >= 11 is 0. The molecule has 0 radical (unpaired) electrons. The number of para-hydroxylation sites is 1. The smallest absolute Gasteiger partial charge is 0.257 e. The van der Waals surface area contributed by atoms with Gasteiger partial charge in [-0.15, -0.1) is 0 Å². The fourth-order valence-electron chi connectivity index (χ4n) is 5.31. The molecule has 1 aliphatic carbocycles. The van der Waals surface area contributed by atoms with E-state index in [4.69, 9.17) is 9.47 Å². The molecule has 2 amide bonds. The van der Waals surface area contributed by atoms with Gasteiger partial charge in [0.2, 0.25) is 5.91 Å². The maximum Gasteiger partial charge on any atom is 0.257 e. The van der Waals surface area contributed by atoms with Gasteiger partial charge in [0.15, 0.2) is 0 Å². The van der Waals surface area contributed by atoms with Crippen molar-refractivity contribution < 1.29 is 19.1 Å². The number of carbonyl (C=O) groups excluding carboxylic acids is 2. The van der Waals surface area contributed by atoms with Crippen LogP contribution >= 0.6 is 0 Å². The van der Waals surface area contributed by atoms with Crippen LogP contribution in [0.2, 0.25) is 0 Å². The number of amides is 2. The lowest BCUT2D eigenvalue weighted by atomic mass is 9.68. The van der Waals surface area contributed by atoms with Crippen molar-refractivity contribution in [3.8, 4) is 11.5 Å². The van der Waals surface area contributed by atoms with Crippen molar-refractivity contribution in [2.75, 3.05) is 40.4 Å². The summed E-state index contributed by atoms with van der Waals surface area (Å²) in [4.78, 5) is 31.0. The molecule has 2 aromatic carbocycles. The Morgan fingerprint density at radius 2 is 1.42 bits per heavy atom. The van der Waals surface area contributed by atoms with Crippen LogP contribution in [0.5, 0.6) is 11.5 Å². The third kappa shape index (κ3) is 4.70. The highest BCUT2D eigenvalue weighted by Crippen LogP contribution is 2.41. The van der Waals surface area contributed by atoms with Crippen LogP contribution in [0.15, 0.2) is 48.5 Å². The molecule has 2 fully saturated rings. The van der Waals surface area contributed by atoms with Gasteiger partial charge in [-0.2, -0.15) is 0 Å². The Balaban J connectivity index is 1.52. The molecule has 0 N–H and O–H groups in total. The second kappa shape index (κ2) is 10.3. The minimum atomic E-state index is -0.480. The Morgan fingerprint density at radius 1 is 0.758 bits per heavy atom. The molecule has 0 unspecified atom stereocenters. The molecule has 1 heterocycles. The minimum Gasteiger partial charge on any atom is -0.497 e. The number of ether oxygens (including phenoxy) is 2. The van der Waals surface area contributed by atoms with Crippen LogP contribution in [0.25, 0.3) is 0 Å². The first-order valence-electron chi connectivity index (χ1n) is 12.0. The number of hydrogen-bond donors (Lipinski definition) is 0. The summed E-state index contributed by atoms with van der Waals surface area (Å²) in [7, 11) is 3.24. The fourth-order valence-corrected chi connectivity index (χ4v) is 5.31. The molecule has 1 aliphatic heterocycles. The van der Waals surface area contributed by atoms with Crippen molar-refractivity contribution in [3.05, 3.63) is 59.7 Å². The topological polar surface area (TPSA) is 59.1 Å². The van der Waals surface area contributed by atoms with Gasteiger partial charge in [-0.3, -0.25) is 9.59 Å². The molecule has 0 bridgehead atoms. The van der Waals surface area contributed by atoms with Crippen molar-refractivity contribution in [2.24, 2.45) is 0 Å². The normalized spacial score (nSPS) is 18.4. The molecule has 6 heteroatoms. The molecule has 2 aliphatic rings. The maximum absolute atomic E-state index is 14.0. The summed E-state index contributed by atoms with van der Waals surface area (Å²) in [5.41, 5.74) is 1.17. The lowest BCUT2D eigenvalue weighted by molar-refractivity contribution is -0.138. The lowest BCUT2D eigenvalue weighted by Crippen LogP contribution is -2.49. The van der Waals surface area contributed by atoms with Crippen molar-refractivity contribution in [1.29, 1.82) is 0 Å². The van der Waals surface area contributed by atoms with Crippen molar-refractivity contribution >= 4 is 11.8 Å². The first-order valence-corrected chi connectivity index (χ1v) is 12.0. The number of methoxy groups -OCH3 is 2. The Bertz CT molecular complexity index is 966. The van der Waals surface area contributed by atoms with Crippen LogP contribution in [0, 0.1) is 0 Å². The Kier molecular flexibility index (Phi) is 7.21. The van der Waals surface area contributed by atoms with E-state index in [9.17, 15) is 9.59 Å². The van der Waals surface area contributed by atoms with E-state index in [1.807, 2.05) is 40.1 Å². The van der Waals surface area contributed by atoms with Gasteiger partial charge >= 0.3 is 0 Å². The quantitative estimate of drug-likeness (QED) is 0.682. The van der Waals surface area contributed by atoms with E-state index in [0.29, 0.717) is 37.5 Å². The first-order chi connectivity index (χ1) is 16.1. The Hall–Kier alpha value is -3.02. The molecule has 0 aromatic heterocycles. The zero-order valence-corrected chi connectivity index (χ0v) is 19.7. The molecule has 1 saturated heterocycles. The van der Waals surface area contributed by atoms with Gasteiger partial charge in [-0.05, 0) is 49.1 Å². The molecule has 1 saturated carbocycles. The van der Waals surface area contributed by atoms with E-state index >= 15 is 0 Å². The van der Waals surface area contributed by atoms with E-state index in [1.165, 1.54) is 6.42 Å². The van der Waals surface area contributed by atoms with Crippen molar-refractivity contribution in [1.82, 2.24) is 9.80 Å². The summed E-state index contributed by atoms with van der Waals surface area (Å²) in [6.07, 6.45) is 5.81. The van der Waals surface area contributed by atoms with Crippen molar-refractivity contribution in [3.63, 3.8) is 0 Å². The highest BCUT2D eigenvalue weighted by Gasteiger charge is 2.43. The average molecular weight is 451 g/mol. The van der Waals surface area contributed by atoms with Gasteiger partial charge in [0, 0.05) is 26.2 Å². The number of hydrogen-bond acceptors (Lipinski definition) is 4. The van der Waals surface area contributed by atoms with Crippen LogP contribution in [-0.4, -0.2) is 62.0 Å². The molecule has 4 rings (SSSR count). The predicted octanol–water partition coefficient (Wildman–Crippen LogP) is 4.28. The van der Waals surface area contributed by atoms with Gasteiger partial charge in [0.05, 0.1) is 25.2 Å². The number of rotatable bonds is 5. The van der Waals surface area contributed by atoms with Gasteiger partial charge < -0.3 is 19.3 Å². The van der Waals surface area contributed by atoms with E-state index in [2.05, 4.69) is 12.1 Å². The van der Waals surface area contributed by atoms with E-state index < -0.39 is 5.41 Å². The first kappa shape index (κ1) is 23.1. The maximum atomic E-state index is 14.0. The summed E-state index contributed by atoms with van der Waals surface area (Å²) in [6, 6.07) is 15.3. The third-order valence-corrected chi connectivity index (χ3v) is 7.17. The van der Waals surface area contributed by atoms with Gasteiger partial charge in [-0.1, -0.05) is 43.5 Å². The molecule has 0 spiro atoms. The van der Waals surface area contributed by atoms with Crippen LogP contribution in [0.4, 0.5) is 0 Å². The highest BCUT2D eigenvalue weighted by atomic mass is 16.5. The molecular formula is C27H34N2O4. The zero-order chi connectivity index (χ0) is 23.3. The second-order valence-electron chi connectivity index (χ2n) is 9.01. The summed E-state index contributed by atoms with van der Waals surface area (Å²) in [5, 5.41) is 0. The standard InChI is InChI=1S/C27H34N2O4/c1-32-22-13-11-21(12-14-22)27(15-6-3-7-16-27)26(31)29-18-8-17-28(19-20-29)25(30)23-9-4-5-10-24(23)33-2/h4-5,9-14H,3,6-8,15-20H2,1-2H3. The van der Waals surface area contributed by atoms with E-state index in [1.54, 1.807) is 20.3 Å². The molecule has 176 valence electrons. The van der Waals surface area contributed by atoms with Crippen LogP contribution in [0.3, 0.4) is 0 Å². The second-order valence-corrected chi connectivity index (χ2v) is 9.01. The van der Waals surface area contributed by atoms with Gasteiger partial charge in [0.1, 0.15) is 11.5 Å². The molecule has 33 heavy (non-hydrogen) atoms. The van der Waals surface area contributed by atoms with Gasteiger partial charge in [-0.25, -0.2) is 0 Å².